The van der Waals surface area contributed by atoms with E-state index in [1.807, 2.05) is 18.5 Å². The summed E-state index contributed by atoms with van der Waals surface area (Å²) in [6.07, 6.45) is 4.57. The molecule has 0 aromatic carbocycles. The molecule has 2 aromatic rings. The first-order valence-electron chi connectivity index (χ1n) is 4.79. The van der Waals surface area contributed by atoms with Crippen molar-refractivity contribution in [1.29, 1.82) is 0 Å². The molecule has 0 saturated heterocycles. The van der Waals surface area contributed by atoms with Gasteiger partial charge in [0, 0.05) is 19.4 Å². The molecule has 0 fully saturated rings. The van der Waals surface area contributed by atoms with E-state index in [9.17, 15) is 4.79 Å². The number of aromatic nitrogens is 5. The first kappa shape index (κ1) is 10.3. The molecule has 7 nitrogen and oxygen atoms in total. The second-order valence-corrected chi connectivity index (χ2v) is 3.35. The van der Waals surface area contributed by atoms with Gasteiger partial charge < -0.3 is 9.88 Å². The van der Waals surface area contributed by atoms with Crippen LogP contribution in [-0.2, 0) is 13.6 Å². The van der Waals surface area contributed by atoms with Crippen LogP contribution in [0.15, 0.2) is 18.7 Å². The molecular weight excluding hydrogens is 208 g/mol. The largest absolute Gasteiger partial charge is 0.330 e. The van der Waals surface area contributed by atoms with Crippen LogP contribution in [0.2, 0.25) is 0 Å². The highest BCUT2D eigenvalue weighted by Gasteiger charge is 2.07. The molecule has 2 heterocycles. The van der Waals surface area contributed by atoms with Gasteiger partial charge >= 0.3 is 6.03 Å². The van der Waals surface area contributed by atoms with E-state index < -0.39 is 0 Å². The number of hydrogen-bond donors (Lipinski definition) is 1. The van der Waals surface area contributed by atoms with Crippen molar-refractivity contribution in [2.24, 2.45) is 7.05 Å². The Balaban J connectivity index is 1.98. The average molecular weight is 220 g/mol. The molecule has 0 spiro atoms. The lowest BCUT2D eigenvalue weighted by Gasteiger charge is -2.04. The molecule has 0 aliphatic carbocycles. The molecule has 16 heavy (non-hydrogen) atoms. The third kappa shape index (κ3) is 1.92. The maximum absolute atomic E-state index is 11.6. The number of carbonyl (C=O) groups is 1. The maximum Gasteiger partial charge on any atom is 0.327 e. The molecule has 1 amide bonds. The zero-order valence-corrected chi connectivity index (χ0v) is 9.08. The van der Waals surface area contributed by atoms with Gasteiger partial charge in [-0.2, -0.15) is 0 Å². The van der Waals surface area contributed by atoms with Crippen LogP contribution in [-0.4, -0.2) is 30.3 Å². The molecule has 0 bridgehead atoms. The first-order chi connectivity index (χ1) is 7.68. The number of hydrogen-bond acceptors (Lipinski definition) is 4. The number of rotatable bonds is 2. The van der Waals surface area contributed by atoms with E-state index in [0.29, 0.717) is 12.4 Å². The summed E-state index contributed by atoms with van der Waals surface area (Å²) in [5, 5.41) is 10.6. The molecule has 0 saturated carbocycles. The standard InChI is InChI=1S/C9H12N6O/c1-7-12-13-8(14(7)2)5-11-9(16)15-4-3-10-6-15/h3-4,6H,5H2,1-2H3,(H,11,16). The van der Waals surface area contributed by atoms with Crippen LogP contribution in [0.25, 0.3) is 0 Å². The lowest BCUT2D eigenvalue weighted by Crippen LogP contribution is -2.28. The van der Waals surface area contributed by atoms with Crippen LogP contribution in [0.1, 0.15) is 11.6 Å². The van der Waals surface area contributed by atoms with Gasteiger partial charge in [-0.25, -0.2) is 9.78 Å². The van der Waals surface area contributed by atoms with Gasteiger partial charge in [-0.3, -0.25) is 4.57 Å². The van der Waals surface area contributed by atoms with Gasteiger partial charge in [-0.15, -0.1) is 10.2 Å². The third-order valence-electron chi connectivity index (χ3n) is 2.32. The van der Waals surface area contributed by atoms with E-state index in [1.165, 1.54) is 10.9 Å². The minimum atomic E-state index is -0.238. The fourth-order valence-electron chi connectivity index (χ4n) is 1.23. The SMILES string of the molecule is Cc1nnc(CNC(=O)n2ccnc2)n1C. The normalized spacial score (nSPS) is 10.4. The Kier molecular flexibility index (Phi) is 2.67. The Morgan fingerprint density at radius 2 is 2.31 bits per heavy atom. The van der Waals surface area contributed by atoms with Gasteiger partial charge in [0.05, 0.1) is 6.54 Å². The summed E-state index contributed by atoms with van der Waals surface area (Å²) in [6.45, 7) is 2.20. The van der Waals surface area contributed by atoms with Gasteiger partial charge in [0.25, 0.3) is 0 Å². The predicted molar refractivity (Wildman–Crippen MR) is 55.6 cm³/mol. The molecule has 2 aromatic heterocycles. The second-order valence-electron chi connectivity index (χ2n) is 3.35. The Bertz CT molecular complexity index is 486. The molecule has 0 unspecified atom stereocenters. The van der Waals surface area contributed by atoms with Crippen LogP contribution < -0.4 is 5.32 Å². The van der Waals surface area contributed by atoms with Crippen molar-refractivity contribution in [3.63, 3.8) is 0 Å². The molecule has 2 rings (SSSR count). The fraction of sp³-hybridized carbons (Fsp3) is 0.333. The van der Waals surface area contributed by atoms with E-state index >= 15 is 0 Å². The average Bonchev–Trinajstić information content (AvgIpc) is 2.89. The van der Waals surface area contributed by atoms with Crippen molar-refractivity contribution >= 4 is 6.03 Å². The fourth-order valence-corrected chi connectivity index (χ4v) is 1.23. The summed E-state index contributed by atoms with van der Waals surface area (Å²) in [6, 6.07) is -0.238. The van der Waals surface area contributed by atoms with Crippen molar-refractivity contribution in [3.8, 4) is 0 Å². The molecule has 0 radical (unpaired) electrons. The van der Waals surface area contributed by atoms with E-state index in [-0.39, 0.29) is 6.03 Å². The monoisotopic (exact) mass is 220 g/mol. The summed E-state index contributed by atoms with van der Waals surface area (Å²) in [5.41, 5.74) is 0. The zero-order valence-electron chi connectivity index (χ0n) is 9.08. The van der Waals surface area contributed by atoms with Crippen LogP contribution in [0.5, 0.6) is 0 Å². The summed E-state index contributed by atoms with van der Waals surface area (Å²) in [5.74, 6) is 1.53. The van der Waals surface area contributed by atoms with Gasteiger partial charge in [0.15, 0.2) is 5.82 Å². The highest BCUT2D eigenvalue weighted by Crippen LogP contribution is 1.96. The van der Waals surface area contributed by atoms with E-state index in [1.54, 1.807) is 12.4 Å². The van der Waals surface area contributed by atoms with Crippen molar-refractivity contribution in [3.05, 3.63) is 30.4 Å². The van der Waals surface area contributed by atoms with Crippen molar-refractivity contribution < 1.29 is 4.79 Å². The Labute approximate surface area is 92.1 Å². The number of carbonyl (C=O) groups excluding carboxylic acids is 1. The van der Waals surface area contributed by atoms with Crippen LogP contribution in [0, 0.1) is 6.92 Å². The van der Waals surface area contributed by atoms with E-state index in [0.717, 1.165) is 5.82 Å². The van der Waals surface area contributed by atoms with Gasteiger partial charge in [0.2, 0.25) is 0 Å². The van der Waals surface area contributed by atoms with Crippen LogP contribution in [0.4, 0.5) is 4.79 Å². The predicted octanol–water partition coefficient (Wildman–Crippen LogP) is 0.0779. The minimum absolute atomic E-state index is 0.238. The Morgan fingerprint density at radius 3 is 2.88 bits per heavy atom. The molecule has 0 aliphatic heterocycles. The molecule has 0 aliphatic rings. The highest BCUT2D eigenvalue weighted by molar-refractivity contribution is 5.76. The Morgan fingerprint density at radius 1 is 1.50 bits per heavy atom. The summed E-state index contributed by atoms with van der Waals surface area (Å²) in [7, 11) is 1.86. The van der Waals surface area contributed by atoms with Gasteiger partial charge in [-0.1, -0.05) is 0 Å². The number of amides is 1. The molecule has 7 heteroatoms. The number of aryl methyl sites for hydroxylation is 1. The topological polar surface area (TPSA) is 77.6 Å². The smallest absolute Gasteiger partial charge is 0.327 e. The minimum Gasteiger partial charge on any atom is -0.330 e. The maximum atomic E-state index is 11.6. The zero-order chi connectivity index (χ0) is 11.5. The highest BCUT2D eigenvalue weighted by atomic mass is 16.2. The van der Waals surface area contributed by atoms with Crippen LogP contribution >= 0.6 is 0 Å². The van der Waals surface area contributed by atoms with Crippen molar-refractivity contribution in [1.82, 2.24) is 29.6 Å². The molecule has 1 N–H and O–H groups in total. The van der Waals surface area contributed by atoms with E-state index in [4.69, 9.17) is 0 Å². The molecule has 0 atom stereocenters. The first-order valence-corrected chi connectivity index (χ1v) is 4.79. The summed E-state index contributed by atoms with van der Waals surface area (Å²) >= 11 is 0. The summed E-state index contributed by atoms with van der Waals surface area (Å²) in [4.78, 5) is 15.3. The lowest BCUT2D eigenvalue weighted by molar-refractivity contribution is 0.241. The molecule has 84 valence electrons. The van der Waals surface area contributed by atoms with E-state index in [2.05, 4.69) is 20.5 Å². The van der Waals surface area contributed by atoms with Gasteiger partial charge in [0.1, 0.15) is 12.2 Å². The Hall–Kier alpha value is -2.18. The van der Waals surface area contributed by atoms with Gasteiger partial charge in [-0.05, 0) is 6.92 Å². The third-order valence-corrected chi connectivity index (χ3v) is 2.32. The summed E-state index contributed by atoms with van der Waals surface area (Å²) < 4.78 is 3.19. The number of nitrogens with one attached hydrogen (secondary N) is 1. The second kappa shape index (κ2) is 4.13. The van der Waals surface area contributed by atoms with Crippen molar-refractivity contribution in [2.45, 2.75) is 13.5 Å². The number of imidazole rings is 1. The van der Waals surface area contributed by atoms with Crippen molar-refractivity contribution in [2.75, 3.05) is 0 Å². The van der Waals surface area contributed by atoms with Crippen LogP contribution in [0.3, 0.4) is 0 Å². The lowest BCUT2D eigenvalue weighted by atomic mass is 10.5. The molecular formula is C9H12N6O. The number of nitrogens with zero attached hydrogens (tertiary/aromatic N) is 5. The quantitative estimate of drug-likeness (QED) is 0.777.